The van der Waals surface area contributed by atoms with E-state index in [9.17, 15) is 0 Å². The molecule has 1 atom stereocenters. The van der Waals surface area contributed by atoms with Gasteiger partial charge in [0.25, 0.3) is 0 Å². The quantitative estimate of drug-likeness (QED) is 0.741. The maximum absolute atomic E-state index is 3.87. The topological polar surface area (TPSA) is 38.9 Å². The SMILES string of the molecule is CC(N(C)C)n1ccc2c(-n3cnnc3)cccc21.Cl.Cl. The van der Waals surface area contributed by atoms with Crippen LogP contribution in [-0.4, -0.2) is 38.3 Å². The molecule has 1 unspecified atom stereocenters. The first-order chi connectivity index (χ1) is 9.18. The van der Waals surface area contributed by atoms with Crippen LogP contribution in [0, 0.1) is 0 Å². The monoisotopic (exact) mass is 327 g/mol. The van der Waals surface area contributed by atoms with Crippen LogP contribution in [0.5, 0.6) is 0 Å². The zero-order chi connectivity index (χ0) is 13.4. The molecule has 114 valence electrons. The average Bonchev–Trinajstić information content (AvgIpc) is 3.06. The third kappa shape index (κ3) is 3.05. The van der Waals surface area contributed by atoms with Gasteiger partial charge in [0.05, 0.1) is 17.4 Å². The summed E-state index contributed by atoms with van der Waals surface area (Å²) in [4.78, 5) is 2.19. The van der Waals surface area contributed by atoms with Gasteiger partial charge in [-0.15, -0.1) is 35.0 Å². The van der Waals surface area contributed by atoms with Crippen molar-refractivity contribution in [1.29, 1.82) is 0 Å². The van der Waals surface area contributed by atoms with Crippen molar-refractivity contribution in [2.24, 2.45) is 0 Å². The van der Waals surface area contributed by atoms with Crippen LogP contribution in [0.3, 0.4) is 0 Å². The van der Waals surface area contributed by atoms with Crippen LogP contribution in [0.4, 0.5) is 0 Å². The lowest BCUT2D eigenvalue weighted by molar-refractivity contribution is 0.244. The fourth-order valence-electron chi connectivity index (χ4n) is 2.30. The van der Waals surface area contributed by atoms with Gasteiger partial charge in [0.2, 0.25) is 0 Å². The molecular formula is C14H19Cl2N5. The Bertz CT molecular complexity index is 691. The first-order valence-electron chi connectivity index (χ1n) is 6.29. The first-order valence-corrected chi connectivity index (χ1v) is 6.29. The first kappa shape index (κ1) is 17.5. The molecule has 0 N–H and O–H groups in total. The number of rotatable bonds is 3. The zero-order valence-corrected chi connectivity index (χ0v) is 13.8. The lowest BCUT2D eigenvalue weighted by atomic mass is 10.2. The summed E-state index contributed by atoms with van der Waals surface area (Å²) in [6.45, 7) is 2.19. The molecule has 21 heavy (non-hydrogen) atoms. The van der Waals surface area contributed by atoms with Crippen molar-refractivity contribution in [2.45, 2.75) is 13.1 Å². The minimum atomic E-state index is 0. The maximum atomic E-state index is 3.87. The minimum Gasteiger partial charge on any atom is -0.331 e. The molecule has 3 aromatic rings. The average molecular weight is 328 g/mol. The largest absolute Gasteiger partial charge is 0.331 e. The predicted octanol–water partition coefficient (Wildman–Crippen LogP) is 3.15. The molecule has 0 aliphatic heterocycles. The highest BCUT2D eigenvalue weighted by molar-refractivity contribution is 5.88. The number of fused-ring (bicyclic) bond motifs is 1. The number of hydrogen-bond acceptors (Lipinski definition) is 3. The lowest BCUT2D eigenvalue weighted by Crippen LogP contribution is -2.22. The van der Waals surface area contributed by atoms with Crippen LogP contribution in [0.15, 0.2) is 43.1 Å². The zero-order valence-electron chi connectivity index (χ0n) is 12.2. The molecule has 1 aromatic carbocycles. The number of nitrogens with zero attached hydrogens (tertiary/aromatic N) is 5. The Morgan fingerprint density at radius 1 is 1.05 bits per heavy atom. The summed E-state index contributed by atoms with van der Waals surface area (Å²) in [7, 11) is 4.17. The Hall–Kier alpha value is -1.56. The highest BCUT2D eigenvalue weighted by atomic mass is 35.5. The van der Waals surface area contributed by atoms with Gasteiger partial charge in [0, 0.05) is 11.6 Å². The van der Waals surface area contributed by atoms with E-state index in [1.807, 2.05) is 4.57 Å². The molecule has 0 fully saturated rings. The van der Waals surface area contributed by atoms with E-state index in [4.69, 9.17) is 0 Å². The Labute approximate surface area is 136 Å². The molecule has 0 spiro atoms. The molecule has 0 aliphatic rings. The molecule has 0 saturated carbocycles. The molecule has 3 rings (SSSR count). The standard InChI is InChI=1S/C14H17N5.2ClH/c1-11(17(2)3)19-8-7-12-13(5-4-6-14(12)19)18-9-15-16-10-18;;/h4-11H,1-3H3;2*1H. The summed E-state index contributed by atoms with van der Waals surface area (Å²) < 4.78 is 4.20. The highest BCUT2D eigenvalue weighted by Gasteiger charge is 2.12. The number of benzene rings is 1. The van der Waals surface area contributed by atoms with E-state index in [1.165, 1.54) is 10.9 Å². The van der Waals surface area contributed by atoms with Gasteiger partial charge < -0.3 is 4.57 Å². The molecule has 0 aliphatic carbocycles. The summed E-state index contributed by atoms with van der Waals surface area (Å²) in [6.07, 6.45) is 5.89. The molecule has 0 saturated heterocycles. The fourth-order valence-corrected chi connectivity index (χ4v) is 2.30. The molecule has 0 amide bonds. The van der Waals surface area contributed by atoms with Gasteiger partial charge in [-0.3, -0.25) is 9.47 Å². The van der Waals surface area contributed by atoms with Crippen LogP contribution < -0.4 is 0 Å². The van der Waals surface area contributed by atoms with E-state index in [0.717, 1.165) is 5.69 Å². The summed E-state index contributed by atoms with van der Waals surface area (Å²) in [5, 5.41) is 8.95. The van der Waals surface area contributed by atoms with Crippen LogP contribution in [0.25, 0.3) is 16.6 Å². The number of aromatic nitrogens is 4. The summed E-state index contributed by atoms with van der Waals surface area (Å²) in [6, 6.07) is 8.43. The molecule has 0 bridgehead atoms. The van der Waals surface area contributed by atoms with E-state index >= 15 is 0 Å². The second-order valence-corrected chi connectivity index (χ2v) is 4.90. The smallest absolute Gasteiger partial charge is 0.123 e. The number of hydrogen-bond donors (Lipinski definition) is 0. The van der Waals surface area contributed by atoms with Crippen molar-refractivity contribution in [3.8, 4) is 5.69 Å². The summed E-state index contributed by atoms with van der Waals surface area (Å²) in [5.41, 5.74) is 2.32. The third-order valence-corrected chi connectivity index (χ3v) is 3.59. The van der Waals surface area contributed by atoms with Gasteiger partial charge in [0.1, 0.15) is 12.7 Å². The molecular weight excluding hydrogens is 309 g/mol. The normalized spacial score (nSPS) is 12.0. The van der Waals surface area contributed by atoms with Gasteiger partial charge in [0.15, 0.2) is 0 Å². The Balaban J connectivity index is 0.00000110. The van der Waals surface area contributed by atoms with Crippen molar-refractivity contribution in [1.82, 2.24) is 24.2 Å². The maximum Gasteiger partial charge on any atom is 0.123 e. The Kier molecular flexibility index (Phi) is 5.78. The van der Waals surface area contributed by atoms with Crippen LogP contribution in [0.1, 0.15) is 13.1 Å². The van der Waals surface area contributed by atoms with Crippen molar-refractivity contribution in [3.63, 3.8) is 0 Å². The second kappa shape index (κ2) is 6.93. The number of halogens is 2. The van der Waals surface area contributed by atoms with Crippen molar-refractivity contribution < 1.29 is 0 Å². The fraction of sp³-hybridized carbons (Fsp3) is 0.286. The van der Waals surface area contributed by atoms with Gasteiger partial charge in [-0.05, 0) is 39.2 Å². The Morgan fingerprint density at radius 3 is 2.33 bits per heavy atom. The van der Waals surface area contributed by atoms with Crippen molar-refractivity contribution in [3.05, 3.63) is 43.1 Å². The predicted molar refractivity (Wildman–Crippen MR) is 89.7 cm³/mol. The van der Waals surface area contributed by atoms with E-state index in [0.29, 0.717) is 6.17 Å². The third-order valence-electron chi connectivity index (χ3n) is 3.59. The molecule has 2 heterocycles. The van der Waals surface area contributed by atoms with Gasteiger partial charge in [-0.25, -0.2) is 0 Å². The van der Waals surface area contributed by atoms with E-state index < -0.39 is 0 Å². The van der Waals surface area contributed by atoms with Crippen LogP contribution >= 0.6 is 24.8 Å². The van der Waals surface area contributed by atoms with Gasteiger partial charge in [-0.1, -0.05) is 6.07 Å². The summed E-state index contributed by atoms with van der Waals surface area (Å²) >= 11 is 0. The lowest BCUT2D eigenvalue weighted by Gasteiger charge is -2.22. The molecule has 2 aromatic heterocycles. The van der Waals surface area contributed by atoms with Crippen LogP contribution in [-0.2, 0) is 0 Å². The van der Waals surface area contributed by atoms with Crippen molar-refractivity contribution >= 4 is 35.7 Å². The molecule has 5 nitrogen and oxygen atoms in total. The van der Waals surface area contributed by atoms with E-state index in [2.05, 4.69) is 71.1 Å². The van der Waals surface area contributed by atoms with Crippen molar-refractivity contribution in [2.75, 3.05) is 14.1 Å². The Morgan fingerprint density at radius 2 is 1.71 bits per heavy atom. The second-order valence-electron chi connectivity index (χ2n) is 4.90. The summed E-state index contributed by atoms with van der Waals surface area (Å²) in [5.74, 6) is 0. The molecule has 0 radical (unpaired) electrons. The van der Waals surface area contributed by atoms with E-state index in [-0.39, 0.29) is 24.8 Å². The van der Waals surface area contributed by atoms with Gasteiger partial charge in [-0.2, -0.15) is 0 Å². The van der Waals surface area contributed by atoms with Crippen LogP contribution in [0.2, 0.25) is 0 Å². The van der Waals surface area contributed by atoms with Gasteiger partial charge >= 0.3 is 0 Å². The molecule has 7 heteroatoms. The highest BCUT2D eigenvalue weighted by Crippen LogP contribution is 2.26. The van der Waals surface area contributed by atoms with E-state index in [1.54, 1.807) is 12.7 Å². The minimum absolute atomic E-state index is 0.